The van der Waals surface area contributed by atoms with E-state index in [1.807, 2.05) is 20.8 Å². The summed E-state index contributed by atoms with van der Waals surface area (Å²) in [5, 5.41) is 9.98. The molecular weight excluding hydrogens is 192 g/mol. The molecule has 88 valence electrons. The molecule has 0 spiro atoms. The highest BCUT2D eigenvalue weighted by Crippen LogP contribution is 2.28. The summed E-state index contributed by atoms with van der Waals surface area (Å²) in [6.07, 6.45) is 1.63. The fourth-order valence-electron chi connectivity index (χ4n) is 1.80. The van der Waals surface area contributed by atoms with Crippen molar-refractivity contribution in [1.29, 1.82) is 0 Å². The van der Waals surface area contributed by atoms with Gasteiger partial charge >= 0.3 is 0 Å². The third-order valence-electron chi connectivity index (χ3n) is 3.23. The second-order valence-corrected chi connectivity index (χ2v) is 4.85. The van der Waals surface area contributed by atoms with Crippen LogP contribution in [0.5, 0.6) is 0 Å². The minimum atomic E-state index is -0.693. The van der Waals surface area contributed by atoms with Crippen LogP contribution in [0.1, 0.15) is 33.6 Å². The van der Waals surface area contributed by atoms with Crippen LogP contribution >= 0.6 is 0 Å². The molecule has 1 amide bonds. The summed E-state index contributed by atoms with van der Waals surface area (Å²) in [5.74, 6) is 0.158. The van der Waals surface area contributed by atoms with Crippen molar-refractivity contribution in [3.63, 3.8) is 0 Å². The first-order chi connectivity index (χ1) is 6.90. The van der Waals surface area contributed by atoms with E-state index in [1.165, 1.54) is 0 Å². The van der Waals surface area contributed by atoms with Gasteiger partial charge in [-0.1, -0.05) is 27.2 Å². The van der Waals surface area contributed by atoms with Crippen LogP contribution in [-0.4, -0.2) is 40.6 Å². The van der Waals surface area contributed by atoms with Crippen LogP contribution < -0.4 is 5.73 Å². The van der Waals surface area contributed by atoms with Crippen LogP contribution in [0.2, 0.25) is 0 Å². The molecule has 1 saturated heterocycles. The van der Waals surface area contributed by atoms with Crippen LogP contribution in [-0.2, 0) is 4.79 Å². The van der Waals surface area contributed by atoms with E-state index in [1.54, 1.807) is 4.90 Å². The number of nitrogens with zero attached hydrogens (tertiary/aromatic N) is 1. The van der Waals surface area contributed by atoms with Gasteiger partial charge in [-0.05, 0) is 12.3 Å². The van der Waals surface area contributed by atoms with E-state index in [9.17, 15) is 9.90 Å². The number of carbonyl (C=O) groups excluding carboxylic acids is 1. The molecule has 4 heteroatoms. The van der Waals surface area contributed by atoms with Gasteiger partial charge in [0.2, 0.25) is 5.91 Å². The third kappa shape index (κ3) is 2.49. The second-order valence-electron chi connectivity index (χ2n) is 4.85. The van der Waals surface area contributed by atoms with Crippen molar-refractivity contribution >= 4 is 5.91 Å². The van der Waals surface area contributed by atoms with Crippen LogP contribution in [0, 0.1) is 5.92 Å². The van der Waals surface area contributed by atoms with Gasteiger partial charge in [0, 0.05) is 0 Å². The Kier molecular flexibility index (Phi) is 3.73. The number of nitrogens with two attached hydrogens (primary N) is 1. The summed E-state index contributed by atoms with van der Waals surface area (Å²) >= 11 is 0. The Balaban J connectivity index is 2.41. The van der Waals surface area contributed by atoms with E-state index in [2.05, 4.69) is 0 Å². The number of likely N-dealkylation sites (tertiary alicyclic amines) is 1. The highest BCUT2D eigenvalue weighted by molar-refractivity contribution is 5.82. The topological polar surface area (TPSA) is 66.6 Å². The largest absolute Gasteiger partial charge is 0.386 e. The molecule has 0 aromatic carbocycles. The van der Waals surface area contributed by atoms with E-state index in [0.717, 1.165) is 12.8 Å². The molecule has 4 nitrogen and oxygen atoms in total. The smallest absolute Gasteiger partial charge is 0.239 e. The lowest BCUT2D eigenvalue weighted by molar-refractivity contribution is -0.165. The first-order valence-corrected chi connectivity index (χ1v) is 5.67. The molecular formula is C11H22N2O2. The van der Waals surface area contributed by atoms with E-state index >= 15 is 0 Å². The van der Waals surface area contributed by atoms with Crippen LogP contribution in [0.4, 0.5) is 0 Å². The van der Waals surface area contributed by atoms with Gasteiger partial charge in [-0.2, -0.15) is 0 Å². The second kappa shape index (κ2) is 4.49. The molecule has 1 heterocycles. The molecule has 1 rings (SSSR count). The van der Waals surface area contributed by atoms with E-state index in [-0.39, 0.29) is 11.8 Å². The van der Waals surface area contributed by atoms with Crippen molar-refractivity contribution in [2.45, 2.75) is 45.3 Å². The Labute approximate surface area is 91.4 Å². The lowest BCUT2D eigenvalue weighted by atomic mass is 9.82. The molecule has 0 unspecified atom stereocenters. The molecule has 0 aromatic heterocycles. The number of rotatable bonds is 4. The Hall–Kier alpha value is -0.610. The predicted octanol–water partition coefficient (Wildman–Crippen LogP) is 0.343. The van der Waals surface area contributed by atoms with Gasteiger partial charge in [-0.25, -0.2) is 0 Å². The SMILES string of the molecule is CCC[C@H](N)C(=O)N1CC(O)(C(C)C)C1. The average Bonchev–Trinajstić information content (AvgIpc) is 2.11. The normalized spacial score (nSPS) is 21.3. The van der Waals surface area contributed by atoms with Crippen molar-refractivity contribution in [3.8, 4) is 0 Å². The molecule has 3 N–H and O–H groups in total. The summed E-state index contributed by atoms with van der Waals surface area (Å²) in [5.41, 5.74) is 5.04. The molecule has 0 saturated carbocycles. The summed E-state index contributed by atoms with van der Waals surface area (Å²) < 4.78 is 0. The molecule has 1 aliphatic rings. The molecule has 1 atom stereocenters. The quantitative estimate of drug-likeness (QED) is 0.709. The summed E-state index contributed by atoms with van der Waals surface area (Å²) in [4.78, 5) is 13.4. The lowest BCUT2D eigenvalue weighted by Crippen LogP contribution is -2.68. The maximum absolute atomic E-state index is 11.7. The first-order valence-electron chi connectivity index (χ1n) is 5.67. The van der Waals surface area contributed by atoms with Gasteiger partial charge in [-0.15, -0.1) is 0 Å². The minimum Gasteiger partial charge on any atom is -0.386 e. The van der Waals surface area contributed by atoms with E-state index in [0.29, 0.717) is 13.1 Å². The average molecular weight is 214 g/mol. The van der Waals surface area contributed by atoms with Crippen molar-refractivity contribution in [3.05, 3.63) is 0 Å². The maximum atomic E-state index is 11.7. The van der Waals surface area contributed by atoms with Crippen molar-refractivity contribution in [1.82, 2.24) is 4.90 Å². The number of β-amino-alcohol motifs (C(OH)–C–C–N with tert-alkyl or cyclic N) is 1. The molecule has 0 aromatic rings. The van der Waals surface area contributed by atoms with Crippen molar-refractivity contribution in [2.75, 3.05) is 13.1 Å². The summed E-state index contributed by atoms with van der Waals surface area (Å²) in [6, 6.07) is -0.397. The number of aliphatic hydroxyl groups is 1. The number of amides is 1. The monoisotopic (exact) mass is 214 g/mol. The third-order valence-corrected chi connectivity index (χ3v) is 3.23. The van der Waals surface area contributed by atoms with Crippen molar-refractivity contribution < 1.29 is 9.90 Å². The number of carbonyl (C=O) groups is 1. The van der Waals surface area contributed by atoms with Gasteiger partial charge in [0.25, 0.3) is 0 Å². The van der Waals surface area contributed by atoms with E-state index < -0.39 is 11.6 Å². The van der Waals surface area contributed by atoms with Gasteiger partial charge in [0.05, 0.1) is 19.1 Å². The summed E-state index contributed by atoms with van der Waals surface area (Å²) in [6.45, 7) is 6.80. The zero-order valence-electron chi connectivity index (χ0n) is 9.86. The summed E-state index contributed by atoms with van der Waals surface area (Å²) in [7, 11) is 0. The van der Waals surface area contributed by atoms with Gasteiger partial charge in [-0.3, -0.25) is 4.79 Å². The molecule has 0 bridgehead atoms. The Bertz CT molecular complexity index is 235. The molecule has 1 aliphatic heterocycles. The van der Waals surface area contributed by atoms with Crippen LogP contribution in [0.15, 0.2) is 0 Å². The first kappa shape index (κ1) is 12.5. The van der Waals surface area contributed by atoms with Crippen molar-refractivity contribution in [2.24, 2.45) is 11.7 Å². The molecule has 1 fully saturated rings. The Morgan fingerprint density at radius 1 is 1.53 bits per heavy atom. The molecule has 0 radical (unpaired) electrons. The zero-order valence-corrected chi connectivity index (χ0v) is 9.86. The standard InChI is InChI=1S/C11H22N2O2/c1-4-5-9(12)10(14)13-6-11(15,7-13)8(2)3/h8-9,15H,4-7,12H2,1-3H3/t9-/m0/s1. The molecule has 15 heavy (non-hydrogen) atoms. The fraction of sp³-hybridized carbons (Fsp3) is 0.909. The predicted molar refractivity (Wildman–Crippen MR) is 59.3 cm³/mol. The zero-order chi connectivity index (χ0) is 11.6. The number of hydrogen-bond donors (Lipinski definition) is 2. The van der Waals surface area contributed by atoms with Gasteiger partial charge in [0.1, 0.15) is 5.60 Å². The van der Waals surface area contributed by atoms with Gasteiger partial charge in [0.15, 0.2) is 0 Å². The fourth-order valence-corrected chi connectivity index (χ4v) is 1.80. The maximum Gasteiger partial charge on any atom is 0.239 e. The Morgan fingerprint density at radius 3 is 2.47 bits per heavy atom. The highest BCUT2D eigenvalue weighted by atomic mass is 16.3. The number of hydrogen-bond acceptors (Lipinski definition) is 3. The highest BCUT2D eigenvalue weighted by Gasteiger charge is 2.46. The van der Waals surface area contributed by atoms with Crippen LogP contribution in [0.3, 0.4) is 0 Å². The molecule has 0 aliphatic carbocycles. The lowest BCUT2D eigenvalue weighted by Gasteiger charge is -2.49. The van der Waals surface area contributed by atoms with Crippen LogP contribution in [0.25, 0.3) is 0 Å². The Morgan fingerprint density at radius 2 is 2.07 bits per heavy atom. The van der Waals surface area contributed by atoms with E-state index in [4.69, 9.17) is 5.73 Å². The van der Waals surface area contributed by atoms with Gasteiger partial charge < -0.3 is 15.7 Å². The minimum absolute atomic E-state index is 0.0258.